The molecule has 1 fully saturated rings. The molecular weight excluding hydrogens is 464 g/mol. The normalized spacial score (nSPS) is 14.9. The summed E-state index contributed by atoms with van der Waals surface area (Å²) in [4.78, 5) is 26.1. The number of amides is 1. The summed E-state index contributed by atoms with van der Waals surface area (Å²) in [5, 5.41) is 3.29. The Labute approximate surface area is 197 Å². The number of hydrogen-bond acceptors (Lipinski definition) is 4. The quantitative estimate of drug-likeness (QED) is 0.569. The second-order valence-corrected chi connectivity index (χ2v) is 11.0. The van der Waals surface area contributed by atoms with Crippen molar-refractivity contribution >= 4 is 44.3 Å². The van der Waals surface area contributed by atoms with Crippen LogP contribution in [0.4, 0.5) is 5.69 Å². The second-order valence-electron chi connectivity index (χ2n) is 8.61. The predicted molar refractivity (Wildman–Crippen MR) is 129 cm³/mol. The van der Waals surface area contributed by atoms with E-state index < -0.39 is 15.9 Å². The molecule has 2 heterocycles. The Morgan fingerprint density at radius 1 is 1.09 bits per heavy atom. The van der Waals surface area contributed by atoms with Crippen molar-refractivity contribution in [1.29, 1.82) is 0 Å². The van der Waals surface area contributed by atoms with Gasteiger partial charge in [-0.2, -0.15) is 4.31 Å². The fourth-order valence-electron chi connectivity index (χ4n) is 4.16. The number of rotatable bonds is 6. The van der Waals surface area contributed by atoms with Crippen LogP contribution in [0.3, 0.4) is 0 Å². The molecule has 10 heteroatoms. The third-order valence-corrected chi connectivity index (χ3v) is 8.21. The summed E-state index contributed by atoms with van der Waals surface area (Å²) in [7, 11) is -3.66. The van der Waals surface area contributed by atoms with Gasteiger partial charge in [-0.05, 0) is 69.5 Å². The lowest BCUT2D eigenvalue weighted by molar-refractivity contribution is -0.116. The van der Waals surface area contributed by atoms with Gasteiger partial charge in [-0.25, -0.2) is 13.2 Å². The number of carbonyl (C=O) groups excluding carboxylic acids is 1. The van der Waals surface area contributed by atoms with E-state index in [1.54, 1.807) is 28.8 Å². The van der Waals surface area contributed by atoms with Gasteiger partial charge in [0.1, 0.15) is 6.54 Å². The van der Waals surface area contributed by atoms with Crippen molar-refractivity contribution in [2.24, 2.45) is 0 Å². The number of nitrogens with one attached hydrogen (secondary N) is 1. The molecule has 1 amide bonds. The van der Waals surface area contributed by atoms with Gasteiger partial charge in [0, 0.05) is 29.8 Å². The SMILES string of the molecule is Cc1ccc(NC(=O)Cn2c(=O)n(C(C)C)c3ccc(S(=O)(=O)N4CCCC4)cc32)cc1Cl. The standard InChI is InChI=1S/C23H27ClN4O4S/c1-15(2)28-20-9-8-18(33(31,32)26-10-4-5-11-26)13-21(20)27(23(28)30)14-22(29)25-17-7-6-16(3)19(24)12-17/h6-9,12-13,15H,4-5,10-11,14H2,1-3H3,(H,25,29). The molecule has 0 unspecified atom stereocenters. The summed E-state index contributed by atoms with van der Waals surface area (Å²) in [5.74, 6) is -0.410. The zero-order valence-corrected chi connectivity index (χ0v) is 20.4. The first kappa shape index (κ1) is 23.5. The van der Waals surface area contributed by atoms with Crippen LogP contribution in [0.2, 0.25) is 5.02 Å². The van der Waals surface area contributed by atoms with Crippen molar-refractivity contribution in [3.63, 3.8) is 0 Å². The number of halogens is 1. The van der Waals surface area contributed by atoms with Gasteiger partial charge < -0.3 is 5.32 Å². The van der Waals surface area contributed by atoms with E-state index in [0.717, 1.165) is 18.4 Å². The highest BCUT2D eigenvalue weighted by Gasteiger charge is 2.28. The monoisotopic (exact) mass is 490 g/mol. The molecule has 1 aliphatic heterocycles. The lowest BCUT2D eigenvalue weighted by atomic mass is 10.2. The van der Waals surface area contributed by atoms with Crippen LogP contribution in [0.5, 0.6) is 0 Å². The highest BCUT2D eigenvalue weighted by atomic mass is 35.5. The van der Waals surface area contributed by atoms with Crippen molar-refractivity contribution in [3.8, 4) is 0 Å². The van der Waals surface area contributed by atoms with E-state index in [4.69, 9.17) is 11.6 Å². The van der Waals surface area contributed by atoms with E-state index in [1.807, 2.05) is 20.8 Å². The molecular formula is C23H27ClN4O4S. The minimum atomic E-state index is -3.66. The van der Waals surface area contributed by atoms with Crippen LogP contribution in [0.1, 0.15) is 38.3 Å². The van der Waals surface area contributed by atoms with E-state index in [0.29, 0.717) is 34.8 Å². The van der Waals surface area contributed by atoms with Crippen LogP contribution in [0, 0.1) is 6.92 Å². The highest BCUT2D eigenvalue weighted by Crippen LogP contribution is 2.26. The minimum Gasteiger partial charge on any atom is -0.324 e. The molecule has 0 spiro atoms. The van der Waals surface area contributed by atoms with Gasteiger partial charge in [0.05, 0.1) is 15.9 Å². The van der Waals surface area contributed by atoms with Gasteiger partial charge >= 0.3 is 5.69 Å². The first-order valence-electron chi connectivity index (χ1n) is 10.9. The van der Waals surface area contributed by atoms with E-state index in [9.17, 15) is 18.0 Å². The molecule has 4 rings (SSSR count). The molecule has 0 atom stereocenters. The third-order valence-electron chi connectivity index (χ3n) is 5.91. The summed E-state index contributed by atoms with van der Waals surface area (Å²) < 4.78 is 30.5. The van der Waals surface area contributed by atoms with E-state index >= 15 is 0 Å². The molecule has 1 aromatic heterocycles. The minimum absolute atomic E-state index is 0.122. The number of anilines is 1. The fourth-order valence-corrected chi connectivity index (χ4v) is 5.88. The molecule has 0 saturated carbocycles. The van der Waals surface area contributed by atoms with E-state index in [1.165, 1.54) is 21.0 Å². The lowest BCUT2D eigenvalue weighted by Gasteiger charge is -2.16. The predicted octanol–water partition coefficient (Wildman–Crippen LogP) is 3.77. The summed E-state index contributed by atoms with van der Waals surface area (Å²) in [6.07, 6.45) is 1.66. The van der Waals surface area contributed by atoms with E-state index in [2.05, 4.69) is 5.32 Å². The Kier molecular flexibility index (Phi) is 6.39. The molecule has 0 radical (unpaired) electrons. The number of carbonyl (C=O) groups is 1. The topological polar surface area (TPSA) is 93.4 Å². The zero-order chi connectivity index (χ0) is 23.9. The molecule has 3 aromatic rings. The molecule has 0 bridgehead atoms. The molecule has 8 nitrogen and oxygen atoms in total. The smallest absolute Gasteiger partial charge is 0.324 e. The van der Waals surface area contributed by atoms with Gasteiger partial charge in [-0.3, -0.25) is 13.9 Å². The lowest BCUT2D eigenvalue weighted by Crippen LogP contribution is -2.30. The van der Waals surface area contributed by atoms with Gasteiger partial charge in [-0.15, -0.1) is 0 Å². The van der Waals surface area contributed by atoms with Gasteiger partial charge in [-0.1, -0.05) is 17.7 Å². The molecule has 1 aliphatic rings. The summed E-state index contributed by atoms with van der Waals surface area (Å²) in [5.41, 5.74) is 2.03. The Morgan fingerprint density at radius 3 is 2.42 bits per heavy atom. The van der Waals surface area contributed by atoms with Crippen molar-refractivity contribution in [2.75, 3.05) is 18.4 Å². The van der Waals surface area contributed by atoms with Crippen LogP contribution >= 0.6 is 11.6 Å². The fraction of sp³-hybridized carbons (Fsp3) is 0.391. The van der Waals surface area contributed by atoms with Crippen LogP contribution in [0.25, 0.3) is 11.0 Å². The maximum absolute atomic E-state index is 13.2. The molecule has 33 heavy (non-hydrogen) atoms. The summed E-state index contributed by atoms with van der Waals surface area (Å²) in [6, 6.07) is 9.70. The number of fused-ring (bicyclic) bond motifs is 1. The van der Waals surface area contributed by atoms with Crippen LogP contribution in [-0.4, -0.2) is 40.9 Å². The Hall–Kier alpha value is -2.62. The van der Waals surface area contributed by atoms with Gasteiger partial charge in [0.15, 0.2) is 0 Å². The largest absolute Gasteiger partial charge is 0.329 e. The first-order valence-corrected chi connectivity index (χ1v) is 12.7. The molecule has 0 aliphatic carbocycles. The van der Waals surface area contributed by atoms with Gasteiger partial charge in [0.25, 0.3) is 0 Å². The molecule has 1 N–H and O–H groups in total. The Balaban J connectivity index is 1.74. The zero-order valence-electron chi connectivity index (χ0n) is 18.8. The average molecular weight is 491 g/mol. The van der Waals surface area contributed by atoms with Crippen LogP contribution in [0.15, 0.2) is 46.1 Å². The molecule has 176 valence electrons. The maximum atomic E-state index is 13.2. The van der Waals surface area contributed by atoms with Crippen molar-refractivity contribution in [2.45, 2.75) is 51.1 Å². The number of benzene rings is 2. The van der Waals surface area contributed by atoms with E-state index in [-0.39, 0.29) is 23.2 Å². The number of aryl methyl sites for hydroxylation is 1. The maximum Gasteiger partial charge on any atom is 0.329 e. The van der Waals surface area contributed by atoms with Crippen LogP contribution < -0.4 is 11.0 Å². The van der Waals surface area contributed by atoms with Gasteiger partial charge in [0.2, 0.25) is 15.9 Å². The number of sulfonamides is 1. The summed E-state index contributed by atoms with van der Waals surface area (Å²) in [6.45, 7) is 6.32. The molecule has 2 aromatic carbocycles. The number of hydrogen-bond donors (Lipinski definition) is 1. The molecule has 1 saturated heterocycles. The Morgan fingerprint density at radius 2 is 1.79 bits per heavy atom. The van der Waals surface area contributed by atoms with Crippen molar-refractivity contribution < 1.29 is 13.2 Å². The van der Waals surface area contributed by atoms with Crippen LogP contribution in [-0.2, 0) is 21.4 Å². The number of aromatic nitrogens is 2. The van der Waals surface area contributed by atoms with Crippen molar-refractivity contribution in [3.05, 3.63) is 57.5 Å². The first-order chi connectivity index (χ1) is 15.6. The number of imidazole rings is 1. The second kappa shape index (κ2) is 8.96. The average Bonchev–Trinajstić information content (AvgIpc) is 3.38. The third kappa shape index (κ3) is 4.45. The Bertz CT molecular complexity index is 1390. The highest BCUT2D eigenvalue weighted by molar-refractivity contribution is 7.89. The van der Waals surface area contributed by atoms with Crippen molar-refractivity contribution in [1.82, 2.24) is 13.4 Å². The number of nitrogens with zero attached hydrogens (tertiary/aromatic N) is 3. The summed E-state index contributed by atoms with van der Waals surface area (Å²) >= 11 is 6.14.